The number of carbonyl (C=O) groups excluding carboxylic acids is 1. The van der Waals surface area contributed by atoms with Crippen LogP contribution in [0.4, 0.5) is 0 Å². The molecule has 0 saturated carbocycles. The summed E-state index contributed by atoms with van der Waals surface area (Å²) >= 11 is 0. The lowest BCUT2D eigenvalue weighted by Gasteiger charge is -2.35. The quantitative estimate of drug-likeness (QED) is 0.801. The Kier molecular flexibility index (Phi) is 3.21. The van der Waals surface area contributed by atoms with E-state index < -0.39 is 5.97 Å². The third-order valence-corrected chi connectivity index (χ3v) is 4.36. The summed E-state index contributed by atoms with van der Waals surface area (Å²) in [5.41, 5.74) is 0.935. The molecule has 108 valence electrons. The number of likely N-dealkylation sites (tertiary alicyclic amines) is 1. The Balaban J connectivity index is 1.82. The zero-order valence-corrected chi connectivity index (χ0v) is 11.4. The van der Waals surface area contributed by atoms with E-state index in [-0.39, 0.29) is 23.4 Å². The largest absolute Gasteiger partial charge is 0.478 e. The van der Waals surface area contributed by atoms with Crippen LogP contribution >= 0.6 is 0 Å². The van der Waals surface area contributed by atoms with Crippen molar-refractivity contribution in [2.45, 2.75) is 25.4 Å². The molecular formula is C13H18N4O3. The topological polar surface area (TPSA) is 87.5 Å². The van der Waals surface area contributed by atoms with Crippen molar-refractivity contribution < 1.29 is 14.7 Å². The number of aromatic nitrogens is 2. The summed E-state index contributed by atoms with van der Waals surface area (Å²) < 4.78 is 1.61. The molecule has 0 aliphatic carbocycles. The van der Waals surface area contributed by atoms with Gasteiger partial charge in [-0.3, -0.25) is 14.4 Å². The van der Waals surface area contributed by atoms with E-state index in [9.17, 15) is 14.7 Å². The van der Waals surface area contributed by atoms with Crippen molar-refractivity contribution in [2.24, 2.45) is 13.0 Å². The fraction of sp³-hybridized carbons (Fsp3) is 0.615. The first-order valence-electron chi connectivity index (χ1n) is 6.84. The second-order valence-electron chi connectivity index (χ2n) is 5.47. The van der Waals surface area contributed by atoms with Gasteiger partial charge in [-0.2, -0.15) is 5.10 Å². The van der Waals surface area contributed by atoms with Crippen LogP contribution in [0.25, 0.3) is 0 Å². The number of carboxylic acids is 1. The molecule has 3 heterocycles. The molecule has 2 saturated heterocycles. The second-order valence-corrected chi connectivity index (χ2v) is 5.47. The van der Waals surface area contributed by atoms with Crippen LogP contribution in [0.1, 0.15) is 28.9 Å². The maximum Gasteiger partial charge on any atom is 0.339 e. The van der Waals surface area contributed by atoms with E-state index in [0.717, 1.165) is 19.4 Å². The lowest BCUT2D eigenvalue weighted by Crippen LogP contribution is -2.45. The lowest BCUT2D eigenvalue weighted by molar-refractivity contribution is -0.124. The number of fused-ring (bicyclic) bond motifs is 1. The van der Waals surface area contributed by atoms with Crippen molar-refractivity contribution in [3.63, 3.8) is 0 Å². The fourth-order valence-corrected chi connectivity index (χ4v) is 3.26. The Morgan fingerprint density at radius 3 is 3.15 bits per heavy atom. The molecular weight excluding hydrogens is 260 g/mol. The van der Waals surface area contributed by atoms with E-state index in [2.05, 4.69) is 15.3 Å². The fourth-order valence-electron chi connectivity index (χ4n) is 3.26. The summed E-state index contributed by atoms with van der Waals surface area (Å²) in [4.78, 5) is 25.2. The number of rotatable bonds is 3. The number of carboxylic acid groups (broad SMARTS) is 1. The van der Waals surface area contributed by atoms with E-state index in [1.54, 1.807) is 11.7 Å². The smallest absolute Gasteiger partial charge is 0.339 e. The van der Waals surface area contributed by atoms with Gasteiger partial charge < -0.3 is 10.4 Å². The number of amides is 1. The number of nitrogens with one attached hydrogen (secondary N) is 1. The number of carbonyl (C=O) groups is 2. The van der Waals surface area contributed by atoms with Crippen molar-refractivity contribution in [1.29, 1.82) is 0 Å². The van der Waals surface area contributed by atoms with Crippen LogP contribution in [-0.2, 0) is 18.4 Å². The van der Waals surface area contributed by atoms with Gasteiger partial charge in [0.15, 0.2) is 0 Å². The maximum absolute atomic E-state index is 11.7. The number of nitrogens with zero attached hydrogens (tertiary/aromatic N) is 3. The molecule has 2 atom stereocenters. The van der Waals surface area contributed by atoms with Crippen molar-refractivity contribution in [2.75, 3.05) is 13.1 Å². The van der Waals surface area contributed by atoms with E-state index in [0.29, 0.717) is 18.8 Å². The Hall–Kier alpha value is -1.89. The Labute approximate surface area is 116 Å². The Bertz CT molecular complexity index is 554. The highest BCUT2D eigenvalue weighted by molar-refractivity contribution is 5.88. The van der Waals surface area contributed by atoms with Crippen molar-refractivity contribution in [3.8, 4) is 0 Å². The van der Waals surface area contributed by atoms with Gasteiger partial charge in [0.1, 0.15) is 5.56 Å². The standard InChI is InChI=1S/C13H18N4O3/c1-16-11(9(5-15-16)13(19)20)7-17-4-2-3-8-10(17)6-14-12(8)18/h5,8,10H,2-4,6-7H2,1H3,(H,14,18)(H,19,20). The third-order valence-electron chi connectivity index (χ3n) is 4.36. The second kappa shape index (κ2) is 4.90. The normalized spacial score (nSPS) is 26.4. The van der Waals surface area contributed by atoms with Gasteiger partial charge in [0, 0.05) is 26.2 Å². The highest BCUT2D eigenvalue weighted by Crippen LogP contribution is 2.28. The average molecular weight is 278 g/mol. The first-order valence-corrected chi connectivity index (χ1v) is 6.84. The highest BCUT2D eigenvalue weighted by atomic mass is 16.4. The van der Waals surface area contributed by atoms with Crippen molar-refractivity contribution in [3.05, 3.63) is 17.5 Å². The molecule has 7 nitrogen and oxygen atoms in total. The van der Waals surface area contributed by atoms with Gasteiger partial charge in [0.25, 0.3) is 0 Å². The van der Waals surface area contributed by atoms with Gasteiger partial charge in [-0.25, -0.2) is 4.79 Å². The molecule has 1 aromatic rings. The zero-order valence-electron chi connectivity index (χ0n) is 11.4. The van der Waals surface area contributed by atoms with Crippen LogP contribution in [0.15, 0.2) is 6.20 Å². The molecule has 1 amide bonds. The van der Waals surface area contributed by atoms with E-state index in [1.807, 2.05) is 0 Å². The van der Waals surface area contributed by atoms with E-state index in [4.69, 9.17) is 0 Å². The average Bonchev–Trinajstić information content (AvgIpc) is 2.96. The van der Waals surface area contributed by atoms with Gasteiger partial charge >= 0.3 is 5.97 Å². The van der Waals surface area contributed by atoms with Crippen LogP contribution in [0.2, 0.25) is 0 Å². The summed E-state index contributed by atoms with van der Waals surface area (Å²) in [6.07, 6.45) is 3.27. The number of hydrogen-bond donors (Lipinski definition) is 2. The van der Waals surface area contributed by atoms with Crippen LogP contribution < -0.4 is 5.32 Å². The van der Waals surface area contributed by atoms with Crippen molar-refractivity contribution in [1.82, 2.24) is 20.0 Å². The molecule has 2 N–H and O–H groups in total. The Morgan fingerprint density at radius 1 is 1.60 bits per heavy atom. The summed E-state index contributed by atoms with van der Waals surface area (Å²) in [7, 11) is 1.75. The molecule has 0 radical (unpaired) electrons. The minimum Gasteiger partial charge on any atom is -0.478 e. The molecule has 0 spiro atoms. The van der Waals surface area contributed by atoms with Gasteiger partial charge in [-0.1, -0.05) is 0 Å². The van der Waals surface area contributed by atoms with Gasteiger partial charge in [-0.15, -0.1) is 0 Å². The number of aryl methyl sites for hydroxylation is 1. The summed E-state index contributed by atoms with van der Waals surface area (Å²) in [6, 6.07) is 0.174. The first kappa shape index (κ1) is 13.1. The van der Waals surface area contributed by atoms with Gasteiger partial charge in [-0.05, 0) is 19.4 Å². The van der Waals surface area contributed by atoms with Crippen LogP contribution in [0.5, 0.6) is 0 Å². The monoisotopic (exact) mass is 278 g/mol. The molecule has 2 unspecified atom stereocenters. The molecule has 2 fully saturated rings. The predicted octanol–water partition coefficient (Wildman–Crippen LogP) is -0.171. The molecule has 0 aromatic carbocycles. The minimum absolute atomic E-state index is 0.0465. The summed E-state index contributed by atoms with van der Waals surface area (Å²) in [5, 5.41) is 16.1. The molecule has 2 aliphatic rings. The maximum atomic E-state index is 11.7. The molecule has 20 heavy (non-hydrogen) atoms. The van der Waals surface area contributed by atoms with E-state index in [1.165, 1.54) is 6.20 Å². The molecule has 0 bridgehead atoms. The van der Waals surface area contributed by atoms with E-state index >= 15 is 0 Å². The number of piperidine rings is 1. The number of hydrogen-bond acceptors (Lipinski definition) is 4. The SMILES string of the molecule is Cn1ncc(C(=O)O)c1CN1CCCC2C(=O)NCC21. The van der Waals surface area contributed by atoms with Crippen molar-refractivity contribution >= 4 is 11.9 Å². The first-order chi connectivity index (χ1) is 9.58. The van der Waals surface area contributed by atoms with Gasteiger partial charge in [0.2, 0.25) is 5.91 Å². The Morgan fingerprint density at radius 2 is 2.40 bits per heavy atom. The molecule has 7 heteroatoms. The minimum atomic E-state index is -0.956. The highest BCUT2D eigenvalue weighted by Gasteiger charge is 2.41. The molecule has 3 rings (SSSR count). The number of aromatic carboxylic acids is 1. The van der Waals surface area contributed by atoms with Crippen LogP contribution in [0.3, 0.4) is 0 Å². The zero-order chi connectivity index (χ0) is 14.3. The van der Waals surface area contributed by atoms with Gasteiger partial charge in [0.05, 0.1) is 17.8 Å². The summed E-state index contributed by atoms with van der Waals surface area (Å²) in [6.45, 7) is 2.07. The van der Waals surface area contributed by atoms with Crippen LogP contribution in [-0.4, -0.2) is 50.8 Å². The molecule has 2 aliphatic heterocycles. The molecule has 1 aromatic heterocycles. The summed E-state index contributed by atoms with van der Waals surface area (Å²) in [5.74, 6) is -0.782. The predicted molar refractivity (Wildman–Crippen MR) is 70.1 cm³/mol. The lowest BCUT2D eigenvalue weighted by atomic mass is 9.91. The third kappa shape index (κ3) is 2.07. The van der Waals surface area contributed by atoms with Crippen LogP contribution in [0, 0.1) is 5.92 Å².